The van der Waals surface area contributed by atoms with Crippen LogP contribution in [0.2, 0.25) is 0 Å². The number of nitrogens with zero attached hydrogens (tertiary/aromatic N) is 2. The van der Waals surface area contributed by atoms with Crippen LogP contribution in [0, 0.1) is 5.41 Å². The zero-order valence-electron chi connectivity index (χ0n) is 12.8. The molecule has 1 rings (SSSR count). The second kappa shape index (κ2) is 8.64. The van der Waals surface area contributed by atoms with Gasteiger partial charge in [-0.2, -0.15) is 17.4 Å². The first kappa shape index (κ1) is 18.3. The Morgan fingerprint density at radius 1 is 1.38 bits per heavy atom. The molecule has 0 bridgehead atoms. The topological polar surface area (TPSA) is 112 Å². The molecular weight excluding hydrogens is 294 g/mol. The molecule has 1 fully saturated rings. The molecule has 1 aliphatic heterocycles. The molecule has 8 nitrogen and oxygen atoms in total. The minimum Gasteiger partial charge on any atom is -0.386 e. The molecule has 21 heavy (non-hydrogen) atoms. The van der Waals surface area contributed by atoms with Gasteiger partial charge in [-0.1, -0.05) is 13.3 Å². The molecule has 0 saturated carbocycles. The Morgan fingerprint density at radius 2 is 2.00 bits per heavy atom. The number of ether oxygens (including phenoxy) is 1. The smallest absolute Gasteiger partial charge is 0.279 e. The molecule has 1 unspecified atom stereocenters. The van der Waals surface area contributed by atoms with Gasteiger partial charge in [-0.3, -0.25) is 10.3 Å². The molecule has 0 aromatic heterocycles. The molecule has 1 atom stereocenters. The van der Waals surface area contributed by atoms with E-state index in [1.807, 2.05) is 0 Å². The third kappa shape index (κ3) is 5.51. The van der Waals surface area contributed by atoms with Crippen LogP contribution in [0.25, 0.3) is 0 Å². The van der Waals surface area contributed by atoms with Gasteiger partial charge in [0.25, 0.3) is 10.2 Å². The van der Waals surface area contributed by atoms with Crippen LogP contribution in [-0.2, 0) is 14.9 Å². The summed E-state index contributed by atoms with van der Waals surface area (Å²) in [7, 11) is -1.92. The maximum absolute atomic E-state index is 12.1. The van der Waals surface area contributed by atoms with Crippen LogP contribution in [0.5, 0.6) is 0 Å². The van der Waals surface area contributed by atoms with Gasteiger partial charge in [0.15, 0.2) is 0 Å². The Hall–Kier alpha value is -0.740. The highest BCUT2D eigenvalue weighted by Crippen LogP contribution is 2.12. The number of nitrogens with two attached hydrogens (primary N) is 1. The zero-order valence-corrected chi connectivity index (χ0v) is 13.7. The molecule has 1 saturated heterocycles. The standard InChI is InChI=1S/C12H27N5O3S/c1-3-4-11(12(13)14)16-6-8-17(9-7-16)21(18,19)15-5-10-20-2/h11,15H,3-10H2,1-2H3,(H3,13,14). The zero-order chi connectivity index (χ0) is 15.9. The van der Waals surface area contributed by atoms with Crippen LogP contribution in [0.1, 0.15) is 19.8 Å². The minimum atomic E-state index is -3.45. The summed E-state index contributed by atoms with van der Waals surface area (Å²) in [5, 5.41) is 7.65. The highest BCUT2D eigenvalue weighted by molar-refractivity contribution is 7.87. The van der Waals surface area contributed by atoms with Gasteiger partial charge >= 0.3 is 0 Å². The molecule has 0 amide bonds. The van der Waals surface area contributed by atoms with Crippen LogP contribution in [0.15, 0.2) is 0 Å². The third-order valence-electron chi connectivity index (χ3n) is 3.57. The van der Waals surface area contributed by atoms with E-state index < -0.39 is 10.2 Å². The van der Waals surface area contributed by atoms with E-state index >= 15 is 0 Å². The summed E-state index contributed by atoms with van der Waals surface area (Å²) >= 11 is 0. The highest BCUT2D eigenvalue weighted by Gasteiger charge is 2.30. The fraction of sp³-hybridized carbons (Fsp3) is 0.917. The van der Waals surface area contributed by atoms with Gasteiger partial charge in [0, 0.05) is 39.8 Å². The second-order valence-corrected chi connectivity index (χ2v) is 6.84. The average Bonchev–Trinajstić information content (AvgIpc) is 2.45. The lowest BCUT2D eigenvalue weighted by atomic mass is 10.1. The van der Waals surface area contributed by atoms with Crippen molar-refractivity contribution in [3.63, 3.8) is 0 Å². The van der Waals surface area contributed by atoms with Crippen molar-refractivity contribution in [1.29, 1.82) is 5.41 Å². The Bertz CT molecular complexity index is 421. The first-order valence-corrected chi connectivity index (χ1v) is 8.68. The lowest BCUT2D eigenvalue weighted by Gasteiger charge is -2.38. The number of hydrogen-bond donors (Lipinski definition) is 3. The quantitative estimate of drug-likeness (QED) is 0.292. The van der Waals surface area contributed by atoms with Crippen LogP contribution >= 0.6 is 0 Å². The van der Waals surface area contributed by atoms with Crippen molar-refractivity contribution in [1.82, 2.24) is 13.9 Å². The molecule has 0 aromatic carbocycles. The van der Waals surface area contributed by atoms with Crippen LogP contribution in [0.3, 0.4) is 0 Å². The largest absolute Gasteiger partial charge is 0.386 e. The summed E-state index contributed by atoms with van der Waals surface area (Å²) < 4.78 is 32.9. The normalized spacial score (nSPS) is 19.5. The summed E-state index contributed by atoms with van der Waals surface area (Å²) in [6, 6.07) is -0.0821. The fourth-order valence-electron chi connectivity index (χ4n) is 2.43. The van der Waals surface area contributed by atoms with Crippen molar-refractivity contribution in [2.24, 2.45) is 5.73 Å². The van der Waals surface area contributed by atoms with Crippen molar-refractivity contribution >= 4 is 16.0 Å². The number of piperazine rings is 1. The summed E-state index contributed by atoms with van der Waals surface area (Å²) in [5.41, 5.74) is 5.64. The lowest BCUT2D eigenvalue weighted by molar-refractivity contribution is 0.159. The number of nitrogens with one attached hydrogen (secondary N) is 2. The predicted molar refractivity (Wildman–Crippen MR) is 82.6 cm³/mol. The van der Waals surface area contributed by atoms with Gasteiger partial charge in [0.1, 0.15) is 5.84 Å². The Labute approximate surface area is 127 Å². The predicted octanol–water partition coefficient (Wildman–Crippen LogP) is -0.811. The Balaban J connectivity index is 2.52. The monoisotopic (exact) mass is 321 g/mol. The van der Waals surface area contributed by atoms with Gasteiger partial charge in [-0.05, 0) is 6.42 Å². The van der Waals surface area contributed by atoms with E-state index in [1.54, 1.807) is 0 Å². The van der Waals surface area contributed by atoms with E-state index in [2.05, 4.69) is 16.5 Å². The SMILES string of the molecule is CCCC(C(=N)N)N1CCN(S(=O)(=O)NCCOC)CC1. The molecule has 124 valence electrons. The van der Waals surface area contributed by atoms with Crippen molar-refractivity contribution in [2.45, 2.75) is 25.8 Å². The van der Waals surface area contributed by atoms with Gasteiger partial charge in [0.05, 0.1) is 12.6 Å². The second-order valence-electron chi connectivity index (χ2n) is 5.09. The average molecular weight is 321 g/mol. The van der Waals surface area contributed by atoms with Gasteiger partial charge in [0.2, 0.25) is 0 Å². The van der Waals surface area contributed by atoms with E-state index in [4.69, 9.17) is 15.9 Å². The summed E-state index contributed by atoms with van der Waals surface area (Å²) in [5.74, 6) is 0.159. The molecule has 0 aliphatic carbocycles. The van der Waals surface area contributed by atoms with E-state index in [1.165, 1.54) is 11.4 Å². The van der Waals surface area contributed by atoms with Crippen LogP contribution in [-0.4, -0.2) is 75.9 Å². The van der Waals surface area contributed by atoms with Gasteiger partial charge in [-0.15, -0.1) is 0 Å². The Morgan fingerprint density at radius 3 is 2.48 bits per heavy atom. The molecule has 0 spiro atoms. The van der Waals surface area contributed by atoms with Crippen molar-refractivity contribution in [3.8, 4) is 0 Å². The number of methoxy groups -OCH3 is 1. The van der Waals surface area contributed by atoms with E-state index in [-0.39, 0.29) is 18.4 Å². The summed E-state index contributed by atoms with van der Waals surface area (Å²) in [6.07, 6.45) is 1.77. The number of amidine groups is 1. The molecular formula is C12H27N5O3S. The third-order valence-corrected chi connectivity index (χ3v) is 5.18. The summed E-state index contributed by atoms with van der Waals surface area (Å²) in [6.45, 7) is 4.68. The molecule has 4 N–H and O–H groups in total. The van der Waals surface area contributed by atoms with Crippen molar-refractivity contribution in [3.05, 3.63) is 0 Å². The minimum absolute atomic E-state index is 0.0821. The number of rotatable bonds is 9. The van der Waals surface area contributed by atoms with Crippen molar-refractivity contribution < 1.29 is 13.2 Å². The van der Waals surface area contributed by atoms with Crippen LogP contribution < -0.4 is 10.5 Å². The highest BCUT2D eigenvalue weighted by atomic mass is 32.2. The first-order valence-electron chi connectivity index (χ1n) is 7.24. The molecule has 1 aliphatic rings. The summed E-state index contributed by atoms with van der Waals surface area (Å²) in [4.78, 5) is 2.09. The maximum Gasteiger partial charge on any atom is 0.279 e. The fourth-order valence-corrected chi connectivity index (χ4v) is 3.60. The van der Waals surface area contributed by atoms with Crippen LogP contribution in [0.4, 0.5) is 0 Å². The van der Waals surface area contributed by atoms with Gasteiger partial charge in [-0.25, -0.2) is 0 Å². The van der Waals surface area contributed by atoms with Crippen molar-refractivity contribution in [2.75, 3.05) is 46.4 Å². The van der Waals surface area contributed by atoms with E-state index in [0.29, 0.717) is 32.8 Å². The number of hydrogen-bond acceptors (Lipinski definition) is 5. The molecule has 1 heterocycles. The first-order chi connectivity index (χ1) is 9.92. The van der Waals surface area contributed by atoms with E-state index in [9.17, 15) is 8.42 Å². The molecule has 0 aromatic rings. The molecule has 0 radical (unpaired) electrons. The lowest BCUT2D eigenvalue weighted by Crippen LogP contribution is -2.56. The maximum atomic E-state index is 12.1. The van der Waals surface area contributed by atoms with E-state index in [0.717, 1.165) is 12.8 Å². The van der Waals surface area contributed by atoms with Gasteiger partial charge < -0.3 is 10.5 Å². The molecule has 9 heteroatoms. The Kier molecular flexibility index (Phi) is 7.53.